The van der Waals surface area contributed by atoms with E-state index in [0.29, 0.717) is 0 Å². The molecular weight excluding hydrogens is 239 g/mol. The van der Waals surface area contributed by atoms with Crippen LogP contribution in [0.4, 0.5) is 4.39 Å². The van der Waals surface area contributed by atoms with Crippen LogP contribution in [0.1, 0.15) is 18.4 Å². The maximum absolute atomic E-state index is 13.0. The quantitative estimate of drug-likeness (QED) is 0.865. The summed E-state index contributed by atoms with van der Waals surface area (Å²) in [6.45, 7) is 4.02. The average molecular weight is 257 g/mol. The van der Waals surface area contributed by atoms with Gasteiger partial charge in [0.1, 0.15) is 5.82 Å². The standard InChI is InChI=1S/C13H18ClFN2/c14-12-7-11(1-2-13(12)15)9-17-8-10-3-5-16-6-4-10/h1-2,7,10,16-17H,3-6,8-9H2. The summed E-state index contributed by atoms with van der Waals surface area (Å²) in [5.41, 5.74) is 1.03. The van der Waals surface area contributed by atoms with E-state index in [-0.39, 0.29) is 10.8 Å². The maximum atomic E-state index is 13.0. The Balaban J connectivity index is 1.75. The van der Waals surface area contributed by atoms with Gasteiger partial charge in [0.25, 0.3) is 0 Å². The van der Waals surface area contributed by atoms with Crippen LogP contribution >= 0.6 is 11.6 Å². The molecule has 2 N–H and O–H groups in total. The minimum absolute atomic E-state index is 0.200. The SMILES string of the molecule is Fc1ccc(CNCC2CCNCC2)cc1Cl. The first-order valence-electron chi connectivity index (χ1n) is 6.11. The van der Waals surface area contributed by atoms with E-state index in [0.717, 1.165) is 37.7 Å². The molecule has 1 saturated heterocycles. The molecule has 0 amide bonds. The number of halogens is 2. The van der Waals surface area contributed by atoms with Crippen molar-refractivity contribution in [3.8, 4) is 0 Å². The van der Waals surface area contributed by atoms with Crippen LogP contribution in [0.5, 0.6) is 0 Å². The van der Waals surface area contributed by atoms with E-state index >= 15 is 0 Å². The molecular formula is C13H18ClFN2. The maximum Gasteiger partial charge on any atom is 0.141 e. The fraction of sp³-hybridized carbons (Fsp3) is 0.538. The predicted octanol–water partition coefficient (Wildman–Crippen LogP) is 2.57. The normalized spacial score (nSPS) is 17.3. The highest BCUT2D eigenvalue weighted by atomic mass is 35.5. The van der Waals surface area contributed by atoms with Gasteiger partial charge in [0.15, 0.2) is 0 Å². The second-order valence-corrected chi connectivity index (χ2v) is 4.98. The molecule has 1 fully saturated rings. The summed E-state index contributed by atoms with van der Waals surface area (Å²) in [6.07, 6.45) is 2.47. The third kappa shape index (κ3) is 3.95. The molecule has 17 heavy (non-hydrogen) atoms. The van der Waals surface area contributed by atoms with Gasteiger partial charge in [0.2, 0.25) is 0 Å². The van der Waals surface area contributed by atoms with Crippen molar-refractivity contribution >= 4 is 11.6 Å². The highest BCUT2D eigenvalue weighted by molar-refractivity contribution is 6.30. The second kappa shape index (κ2) is 6.34. The van der Waals surface area contributed by atoms with Crippen molar-refractivity contribution < 1.29 is 4.39 Å². The first kappa shape index (κ1) is 12.8. The molecule has 1 aromatic rings. The lowest BCUT2D eigenvalue weighted by atomic mass is 9.98. The van der Waals surface area contributed by atoms with Gasteiger partial charge in [-0.2, -0.15) is 0 Å². The predicted molar refractivity (Wildman–Crippen MR) is 68.7 cm³/mol. The van der Waals surface area contributed by atoms with Crippen molar-refractivity contribution in [3.05, 3.63) is 34.6 Å². The third-order valence-electron chi connectivity index (χ3n) is 3.20. The Labute approximate surface area is 107 Å². The molecule has 0 saturated carbocycles. The van der Waals surface area contributed by atoms with Crippen molar-refractivity contribution in [2.75, 3.05) is 19.6 Å². The van der Waals surface area contributed by atoms with Crippen LogP contribution in [-0.4, -0.2) is 19.6 Å². The molecule has 0 aromatic heterocycles. The van der Waals surface area contributed by atoms with E-state index in [1.165, 1.54) is 18.9 Å². The van der Waals surface area contributed by atoms with Gasteiger partial charge in [-0.25, -0.2) is 4.39 Å². The lowest BCUT2D eigenvalue weighted by Crippen LogP contribution is -2.33. The Morgan fingerprint density at radius 2 is 2.12 bits per heavy atom. The number of hydrogen-bond donors (Lipinski definition) is 2. The molecule has 1 aromatic carbocycles. The van der Waals surface area contributed by atoms with Crippen LogP contribution in [0.25, 0.3) is 0 Å². The van der Waals surface area contributed by atoms with Crippen molar-refractivity contribution in [1.29, 1.82) is 0 Å². The lowest BCUT2D eigenvalue weighted by Gasteiger charge is -2.22. The van der Waals surface area contributed by atoms with Crippen LogP contribution < -0.4 is 10.6 Å². The molecule has 94 valence electrons. The van der Waals surface area contributed by atoms with Gasteiger partial charge in [-0.05, 0) is 56.1 Å². The van der Waals surface area contributed by atoms with Crippen molar-refractivity contribution in [1.82, 2.24) is 10.6 Å². The van der Waals surface area contributed by atoms with E-state index in [1.807, 2.05) is 0 Å². The zero-order chi connectivity index (χ0) is 12.1. The number of rotatable bonds is 4. The van der Waals surface area contributed by atoms with E-state index < -0.39 is 0 Å². The van der Waals surface area contributed by atoms with Gasteiger partial charge >= 0.3 is 0 Å². The van der Waals surface area contributed by atoms with Crippen LogP contribution in [-0.2, 0) is 6.54 Å². The summed E-state index contributed by atoms with van der Waals surface area (Å²) in [5, 5.41) is 6.96. The Hall–Kier alpha value is -0.640. The molecule has 0 bridgehead atoms. The van der Waals surface area contributed by atoms with Crippen LogP contribution in [0.15, 0.2) is 18.2 Å². The molecule has 4 heteroatoms. The van der Waals surface area contributed by atoms with Crippen molar-refractivity contribution in [3.63, 3.8) is 0 Å². The summed E-state index contributed by atoms with van der Waals surface area (Å²) in [4.78, 5) is 0. The fourth-order valence-electron chi connectivity index (χ4n) is 2.16. The van der Waals surface area contributed by atoms with E-state index in [4.69, 9.17) is 11.6 Å². The van der Waals surface area contributed by atoms with Gasteiger partial charge < -0.3 is 10.6 Å². The molecule has 1 aliphatic heterocycles. The zero-order valence-electron chi connectivity index (χ0n) is 9.81. The minimum atomic E-state index is -0.353. The highest BCUT2D eigenvalue weighted by Gasteiger charge is 2.12. The molecule has 1 heterocycles. The molecule has 0 aliphatic carbocycles. The average Bonchev–Trinajstić information content (AvgIpc) is 2.35. The van der Waals surface area contributed by atoms with Gasteiger partial charge in [0.05, 0.1) is 5.02 Å². The largest absolute Gasteiger partial charge is 0.317 e. The summed E-state index contributed by atoms with van der Waals surface area (Å²) < 4.78 is 13.0. The Morgan fingerprint density at radius 3 is 2.82 bits per heavy atom. The monoisotopic (exact) mass is 256 g/mol. The number of benzene rings is 1. The second-order valence-electron chi connectivity index (χ2n) is 4.57. The smallest absolute Gasteiger partial charge is 0.141 e. The van der Waals surface area contributed by atoms with E-state index in [2.05, 4.69) is 10.6 Å². The lowest BCUT2D eigenvalue weighted by molar-refractivity contribution is 0.356. The Kier molecular flexibility index (Phi) is 4.77. The van der Waals surface area contributed by atoms with Crippen LogP contribution in [0.3, 0.4) is 0 Å². The van der Waals surface area contributed by atoms with Gasteiger partial charge in [-0.15, -0.1) is 0 Å². The molecule has 0 atom stereocenters. The van der Waals surface area contributed by atoms with Crippen molar-refractivity contribution in [2.24, 2.45) is 5.92 Å². The van der Waals surface area contributed by atoms with Crippen LogP contribution in [0, 0.1) is 11.7 Å². The summed E-state index contributed by atoms with van der Waals surface area (Å²) in [6, 6.07) is 4.88. The first-order valence-corrected chi connectivity index (χ1v) is 6.49. The molecule has 1 aliphatic rings. The van der Waals surface area contributed by atoms with E-state index in [1.54, 1.807) is 12.1 Å². The number of piperidine rings is 1. The Bertz CT molecular complexity index is 364. The van der Waals surface area contributed by atoms with Crippen LogP contribution in [0.2, 0.25) is 5.02 Å². The molecule has 0 unspecified atom stereocenters. The molecule has 0 spiro atoms. The Morgan fingerprint density at radius 1 is 1.35 bits per heavy atom. The zero-order valence-corrected chi connectivity index (χ0v) is 10.6. The topological polar surface area (TPSA) is 24.1 Å². The van der Waals surface area contributed by atoms with Gasteiger partial charge in [0, 0.05) is 6.54 Å². The minimum Gasteiger partial charge on any atom is -0.317 e. The summed E-state index contributed by atoms with van der Waals surface area (Å²) >= 11 is 5.73. The third-order valence-corrected chi connectivity index (χ3v) is 3.49. The summed E-state index contributed by atoms with van der Waals surface area (Å²) in [7, 11) is 0. The summed E-state index contributed by atoms with van der Waals surface area (Å²) in [5.74, 6) is 0.404. The molecule has 2 rings (SSSR count). The fourth-order valence-corrected chi connectivity index (χ4v) is 2.36. The van der Waals surface area contributed by atoms with Gasteiger partial charge in [-0.3, -0.25) is 0 Å². The number of nitrogens with one attached hydrogen (secondary N) is 2. The van der Waals surface area contributed by atoms with Crippen molar-refractivity contribution in [2.45, 2.75) is 19.4 Å². The van der Waals surface area contributed by atoms with E-state index in [9.17, 15) is 4.39 Å². The first-order chi connectivity index (χ1) is 8.25. The molecule has 2 nitrogen and oxygen atoms in total. The highest BCUT2D eigenvalue weighted by Crippen LogP contribution is 2.16. The number of hydrogen-bond acceptors (Lipinski definition) is 2. The molecule has 0 radical (unpaired) electrons. The van der Waals surface area contributed by atoms with Gasteiger partial charge in [-0.1, -0.05) is 17.7 Å².